The summed E-state index contributed by atoms with van der Waals surface area (Å²) in [5, 5.41) is 56.0. The fourth-order valence-corrected chi connectivity index (χ4v) is 6.94. The van der Waals surface area contributed by atoms with Crippen molar-refractivity contribution in [2.24, 2.45) is 36.4 Å². The highest BCUT2D eigenvalue weighted by Crippen LogP contribution is 2.47. The van der Waals surface area contributed by atoms with E-state index in [9.17, 15) is 63.5 Å². The number of anilines is 1. The van der Waals surface area contributed by atoms with Gasteiger partial charge in [-0.3, -0.25) is 13.3 Å². The summed E-state index contributed by atoms with van der Waals surface area (Å²) in [6, 6.07) is 10.4. The summed E-state index contributed by atoms with van der Waals surface area (Å²) in [6.07, 6.45) is 0. The number of phenols is 2. The number of azo groups is 3. The lowest BCUT2D eigenvalue weighted by Gasteiger charge is -2.09. The van der Waals surface area contributed by atoms with Gasteiger partial charge < -0.3 is 30.9 Å². The number of carboxylic acids is 1. The van der Waals surface area contributed by atoms with Crippen LogP contribution in [0.25, 0.3) is 4.91 Å². The van der Waals surface area contributed by atoms with Gasteiger partial charge in [0.25, 0.3) is 10.1 Å². The molecular formula is C30H25N8O16S4-. The Bertz CT molecular complexity index is 2780. The summed E-state index contributed by atoms with van der Waals surface area (Å²) in [5.74, 6) is -4.52. The van der Waals surface area contributed by atoms with Crippen molar-refractivity contribution in [1.82, 2.24) is 0 Å². The molecule has 0 saturated carbocycles. The first-order chi connectivity index (χ1) is 27.0. The second kappa shape index (κ2) is 17.8. The van der Waals surface area contributed by atoms with Crippen LogP contribution in [0.3, 0.4) is 0 Å². The number of rotatable bonds is 16. The lowest BCUT2D eigenvalue weighted by Crippen LogP contribution is -2.19. The number of carbonyl (C=O) groups is 2. The van der Waals surface area contributed by atoms with Gasteiger partial charge in [-0.1, -0.05) is 18.7 Å². The van der Waals surface area contributed by atoms with Gasteiger partial charge in [-0.2, -0.15) is 27.1 Å². The topological polar surface area (TPSA) is 399 Å². The molecule has 28 heteroatoms. The Morgan fingerprint density at radius 1 is 0.810 bits per heavy atom. The summed E-state index contributed by atoms with van der Waals surface area (Å²) in [5.41, 5.74) is 2.27. The SMILES string of the molecule is C=C(c1ccc(N=Nc2c(C(=O)O)cc(O)c(N=Nc3ccc(N=Nc4ccc(S(=O)(=O)CCOS(=O)(=O)O)cc4S(=O)(=O)O)c(NC(N)=O)c3)c2O)cc1)S(=O)[O-]. The van der Waals surface area contributed by atoms with Gasteiger partial charge in [-0.25, -0.2) is 22.2 Å². The number of primary amides is 1. The van der Waals surface area contributed by atoms with Crippen molar-refractivity contribution < 1.29 is 72.2 Å². The molecule has 0 fully saturated rings. The fourth-order valence-electron chi connectivity index (χ4n) is 4.38. The summed E-state index contributed by atoms with van der Waals surface area (Å²) in [4.78, 5) is 21.7. The van der Waals surface area contributed by atoms with Gasteiger partial charge in [0.05, 0.1) is 39.9 Å². The number of hydrogen-bond donors (Lipinski definition) is 7. The number of urea groups is 1. The van der Waals surface area contributed by atoms with Crippen LogP contribution < -0.4 is 11.1 Å². The maximum atomic E-state index is 12.6. The smallest absolute Gasteiger partial charge is 0.397 e. The van der Waals surface area contributed by atoms with Gasteiger partial charge >= 0.3 is 22.4 Å². The van der Waals surface area contributed by atoms with E-state index in [-0.39, 0.29) is 33.2 Å². The lowest BCUT2D eigenvalue weighted by atomic mass is 10.1. The predicted molar refractivity (Wildman–Crippen MR) is 199 cm³/mol. The second-order valence-electron chi connectivity index (χ2n) is 11.0. The number of sulfone groups is 1. The number of aromatic hydroxyl groups is 2. The van der Waals surface area contributed by atoms with Gasteiger partial charge in [0, 0.05) is 4.91 Å². The average Bonchev–Trinajstić information content (AvgIpc) is 3.12. The van der Waals surface area contributed by atoms with Crippen LogP contribution >= 0.6 is 0 Å². The Labute approximate surface area is 329 Å². The molecule has 8 N–H and O–H groups in total. The van der Waals surface area contributed by atoms with Crippen molar-refractivity contribution in [3.63, 3.8) is 0 Å². The minimum Gasteiger partial charge on any atom is -0.768 e. The Morgan fingerprint density at radius 3 is 1.98 bits per heavy atom. The van der Waals surface area contributed by atoms with Crippen molar-refractivity contribution in [2.45, 2.75) is 9.79 Å². The molecule has 2 amide bonds. The molecule has 24 nitrogen and oxygen atoms in total. The standard InChI is InChI=1S/C30H26N8O16S4/c1-15(55(44)45)16-2-4-17(5-3-16)33-37-26-20(29(41)42)14-24(39)27(28(26)40)38-34-18-6-8-21(23(12-18)32-30(31)43)35-36-22-9-7-19(13-25(22)57(48,49)50)56(46,47)11-10-54-58(51,52)53/h2-9,12-14,39-40H,1,10-11H2,(H,41,42)(H,44,45)(H3,31,32,43)(H,48,49,50)(H,51,52,53)/p-1. The minimum atomic E-state index is -5.19. The fraction of sp³-hybridized carbons (Fsp3) is 0.0667. The van der Waals surface area contributed by atoms with Gasteiger partial charge in [-0.05, 0) is 71.2 Å². The van der Waals surface area contributed by atoms with Crippen molar-refractivity contribution in [3.05, 3.63) is 84.4 Å². The van der Waals surface area contributed by atoms with Crippen LogP contribution in [0.4, 0.5) is 44.6 Å². The molecule has 0 radical (unpaired) electrons. The molecule has 0 heterocycles. The van der Waals surface area contributed by atoms with E-state index in [4.69, 9.17) is 10.3 Å². The number of amides is 2. The number of hydrogen-bond acceptors (Lipinski definition) is 19. The minimum absolute atomic E-state index is 0.0909. The largest absolute Gasteiger partial charge is 0.768 e. The van der Waals surface area contributed by atoms with E-state index < -0.39 is 110 Å². The van der Waals surface area contributed by atoms with Crippen molar-refractivity contribution in [1.29, 1.82) is 0 Å². The summed E-state index contributed by atoms with van der Waals surface area (Å²) >= 11 is -2.59. The number of carboxylic acid groups (broad SMARTS) is 1. The third-order valence-corrected chi connectivity index (χ3v) is 10.7. The molecule has 4 aromatic carbocycles. The van der Waals surface area contributed by atoms with Crippen molar-refractivity contribution >= 4 is 98.2 Å². The lowest BCUT2D eigenvalue weighted by molar-refractivity contribution is 0.0696. The number of benzene rings is 4. The monoisotopic (exact) mass is 881 g/mol. The summed E-state index contributed by atoms with van der Waals surface area (Å²) in [6.45, 7) is 2.38. The Balaban J connectivity index is 1.68. The molecule has 1 atom stereocenters. The van der Waals surface area contributed by atoms with Gasteiger partial charge in [0.1, 0.15) is 27.7 Å². The van der Waals surface area contributed by atoms with Crippen LogP contribution in [0.5, 0.6) is 11.5 Å². The number of nitrogens with zero attached hydrogens (tertiary/aromatic N) is 6. The Hall–Kier alpha value is -6.40. The van der Waals surface area contributed by atoms with Crippen LogP contribution in [0.2, 0.25) is 0 Å². The number of carbonyl (C=O) groups excluding carboxylic acids is 1. The second-order valence-corrected chi connectivity index (χ2v) is 16.5. The molecule has 1 unspecified atom stereocenters. The maximum absolute atomic E-state index is 12.6. The molecule has 0 aliphatic rings. The first-order valence-electron chi connectivity index (χ1n) is 15.1. The number of aromatic carboxylic acids is 1. The molecular weight excluding hydrogens is 857 g/mol. The van der Waals surface area contributed by atoms with E-state index in [0.717, 1.165) is 24.3 Å². The third-order valence-electron chi connectivity index (χ3n) is 7.04. The molecule has 4 aromatic rings. The quantitative estimate of drug-likeness (QED) is 0.0430. The van der Waals surface area contributed by atoms with E-state index >= 15 is 0 Å². The summed E-state index contributed by atoms with van der Waals surface area (Å²) in [7, 11) is -14.6. The van der Waals surface area contributed by atoms with Crippen LogP contribution in [0.15, 0.2) is 114 Å². The van der Waals surface area contributed by atoms with E-state index in [1.165, 1.54) is 30.3 Å². The van der Waals surface area contributed by atoms with Crippen molar-refractivity contribution in [2.75, 3.05) is 17.7 Å². The maximum Gasteiger partial charge on any atom is 0.397 e. The predicted octanol–water partition coefficient (Wildman–Crippen LogP) is 5.22. The van der Waals surface area contributed by atoms with E-state index in [0.29, 0.717) is 12.1 Å². The molecule has 0 spiro atoms. The highest BCUT2D eigenvalue weighted by Gasteiger charge is 2.24. The zero-order valence-electron chi connectivity index (χ0n) is 28.6. The van der Waals surface area contributed by atoms with E-state index in [2.05, 4.69) is 46.8 Å². The van der Waals surface area contributed by atoms with Crippen LogP contribution in [0.1, 0.15) is 15.9 Å². The summed E-state index contributed by atoms with van der Waals surface area (Å²) < 4.78 is 116. The molecule has 306 valence electrons. The molecule has 58 heavy (non-hydrogen) atoms. The van der Waals surface area contributed by atoms with E-state index in [1.54, 1.807) is 0 Å². The molecule has 0 aliphatic heterocycles. The normalized spacial score (nSPS) is 12.9. The third kappa shape index (κ3) is 11.6. The Kier molecular flexibility index (Phi) is 13.6. The van der Waals surface area contributed by atoms with Gasteiger partial charge in [-0.15, -0.1) is 20.5 Å². The number of nitrogens with one attached hydrogen (secondary N) is 1. The molecule has 0 bridgehead atoms. The molecule has 4 rings (SSSR count). The average molecular weight is 882 g/mol. The van der Waals surface area contributed by atoms with Crippen LogP contribution in [-0.2, 0) is 45.6 Å². The highest BCUT2D eigenvalue weighted by atomic mass is 32.3. The van der Waals surface area contributed by atoms with Gasteiger partial charge in [0.15, 0.2) is 21.3 Å². The Morgan fingerprint density at radius 2 is 1.40 bits per heavy atom. The van der Waals surface area contributed by atoms with Crippen LogP contribution in [-0.4, -0.2) is 82.8 Å². The molecule has 0 aromatic heterocycles. The highest BCUT2D eigenvalue weighted by molar-refractivity contribution is 7.91. The zero-order chi connectivity index (χ0) is 43.2. The molecule has 0 aliphatic carbocycles. The van der Waals surface area contributed by atoms with Crippen LogP contribution in [0, 0.1) is 0 Å². The van der Waals surface area contributed by atoms with Gasteiger partial charge in [0.2, 0.25) is 0 Å². The van der Waals surface area contributed by atoms with Crippen molar-refractivity contribution in [3.8, 4) is 11.5 Å². The first kappa shape index (κ1) is 44.3. The number of nitrogens with two attached hydrogens (primary N) is 1. The molecule has 0 saturated heterocycles. The van der Waals surface area contributed by atoms with E-state index in [1.807, 2.05) is 0 Å². The first-order valence-corrected chi connectivity index (χ1v) is 20.6. The zero-order valence-corrected chi connectivity index (χ0v) is 31.9. The number of phenolic OH excluding ortho intramolecular Hbond substituents is 2.